The minimum Gasteiger partial charge on any atom is -0.268 e. The minimum absolute atomic E-state index is 0.0471. The van der Waals surface area contributed by atoms with Crippen LogP contribution in [0.5, 0.6) is 0 Å². The summed E-state index contributed by atoms with van der Waals surface area (Å²) >= 11 is 1.43. The summed E-state index contributed by atoms with van der Waals surface area (Å²) in [4.78, 5) is 20.7. The first-order valence-electron chi connectivity index (χ1n) is 10.5. The van der Waals surface area contributed by atoms with E-state index in [2.05, 4.69) is 38.1 Å². The number of amidine groups is 1. The lowest BCUT2D eigenvalue weighted by Crippen LogP contribution is -2.28. The van der Waals surface area contributed by atoms with Gasteiger partial charge in [-0.25, -0.2) is 4.99 Å². The molecule has 1 fully saturated rings. The molecule has 0 aliphatic carbocycles. The van der Waals surface area contributed by atoms with Crippen LogP contribution in [0.15, 0.2) is 82.7 Å². The highest BCUT2D eigenvalue weighted by Crippen LogP contribution is 2.38. The third-order valence-electron chi connectivity index (χ3n) is 5.37. The maximum atomic E-state index is 13.4. The van der Waals surface area contributed by atoms with E-state index < -0.39 is 0 Å². The number of thioether (sulfide) groups is 1. The molecule has 0 bridgehead atoms. The first-order valence-corrected chi connectivity index (χ1v) is 11.3. The molecule has 4 rings (SSSR count). The lowest BCUT2D eigenvalue weighted by molar-refractivity contribution is -0.113. The summed E-state index contributed by atoms with van der Waals surface area (Å²) in [6, 6.07) is 24.2. The van der Waals surface area contributed by atoms with Crippen LogP contribution in [0.2, 0.25) is 0 Å². The Kier molecular flexibility index (Phi) is 6.10. The van der Waals surface area contributed by atoms with Gasteiger partial charge in [-0.1, -0.05) is 74.5 Å². The predicted molar refractivity (Wildman–Crippen MR) is 133 cm³/mol. The number of aliphatic imine (C=N–C) groups is 1. The molecule has 1 amide bonds. The molecule has 156 valence electrons. The van der Waals surface area contributed by atoms with E-state index in [1.165, 1.54) is 17.3 Å². The number of anilines is 1. The zero-order valence-electron chi connectivity index (χ0n) is 18.3. The van der Waals surface area contributed by atoms with Gasteiger partial charge in [0, 0.05) is 0 Å². The van der Waals surface area contributed by atoms with Gasteiger partial charge in [0.15, 0.2) is 5.17 Å². The van der Waals surface area contributed by atoms with E-state index in [0.717, 1.165) is 28.1 Å². The molecule has 31 heavy (non-hydrogen) atoms. The van der Waals surface area contributed by atoms with Crippen molar-refractivity contribution in [3.05, 3.63) is 100.0 Å². The Bertz CT molecular complexity index is 1140. The molecule has 0 spiro atoms. The Labute approximate surface area is 188 Å². The van der Waals surface area contributed by atoms with E-state index in [9.17, 15) is 4.79 Å². The molecule has 0 radical (unpaired) electrons. The molecule has 3 aromatic rings. The highest BCUT2D eigenvalue weighted by molar-refractivity contribution is 8.19. The maximum absolute atomic E-state index is 13.4. The molecule has 1 saturated heterocycles. The van der Waals surface area contributed by atoms with Gasteiger partial charge in [0.25, 0.3) is 5.91 Å². The van der Waals surface area contributed by atoms with E-state index >= 15 is 0 Å². The summed E-state index contributed by atoms with van der Waals surface area (Å²) in [7, 11) is 0. The second-order valence-corrected chi connectivity index (χ2v) is 9.05. The maximum Gasteiger partial charge on any atom is 0.271 e. The van der Waals surface area contributed by atoms with Gasteiger partial charge in [-0.2, -0.15) is 0 Å². The van der Waals surface area contributed by atoms with Crippen LogP contribution >= 0.6 is 11.8 Å². The summed E-state index contributed by atoms with van der Waals surface area (Å²) in [5, 5.41) is 0.679. The summed E-state index contributed by atoms with van der Waals surface area (Å²) < 4.78 is 0. The summed E-state index contributed by atoms with van der Waals surface area (Å²) in [5.74, 6) is 0.433. The molecule has 1 aliphatic heterocycles. The fraction of sp³-hybridized carbons (Fsp3) is 0.185. The standard InChI is InChI=1S/C27H26N2OS/c1-18(2)22-15-13-21(14-16-22)17-24-26(30)29(23-11-6-5-7-12-23)27(31-24)28-25-19(3)9-8-10-20(25)4/h5-18H,1-4H3/b24-17-,28-27?. The van der Waals surface area contributed by atoms with Crippen molar-refractivity contribution in [3.8, 4) is 0 Å². The van der Waals surface area contributed by atoms with Crippen molar-refractivity contribution in [2.45, 2.75) is 33.6 Å². The normalized spacial score (nSPS) is 16.7. The van der Waals surface area contributed by atoms with E-state index in [1.807, 2.05) is 68.5 Å². The highest BCUT2D eigenvalue weighted by Gasteiger charge is 2.34. The van der Waals surface area contributed by atoms with Gasteiger partial charge < -0.3 is 0 Å². The van der Waals surface area contributed by atoms with Crippen LogP contribution in [0, 0.1) is 13.8 Å². The first kappa shape index (κ1) is 21.1. The molecule has 0 N–H and O–H groups in total. The molecule has 0 saturated carbocycles. The van der Waals surface area contributed by atoms with Crippen LogP contribution in [-0.2, 0) is 4.79 Å². The number of rotatable bonds is 4. The Morgan fingerprint density at radius 3 is 2.13 bits per heavy atom. The molecule has 3 nitrogen and oxygen atoms in total. The van der Waals surface area contributed by atoms with Crippen LogP contribution in [0.1, 0.15) is 42.0 Å². The summed E-state index contributed by atoms with van der Waals surface area (Å²) in [6.07, 6.45) is 1.96. The minimum atomic E-state index is -0.0471. The van der Waals surface area contributed by atoms with Crippen LogP contribution in [0.3, 0.4) is 0 Å². The smallest absolute Gasteiger partial charge is 0.268 e. The van der Waals surface area contributed by atoms with Crippen molar-refractivity contribution in [3.63, 3.8) is 0 Å². The number of hydrogen-bond donors (Lipinski definition) is 0. The lowest BCUT2D eigenvalue weighted by atomic mass is 10.0. The molecule has 0 atom stereocenters. The zero-order chi connectivity index (χ0) is 22.0. The second-order valence-electron chi connectivity index (χ2n) is 8.04. The van der Waals surface area contributed by atoms with Gasteiger partial charge in [0.05, 0.1) is 16.3 Å². The van der Waals surface area contributed by atoms with E-state index in [-0.39, 0.29) is 5.91 Å². The molecule has 0 aromatic heterocycles. The number of carbonyl (C=O) groups is 1. The Balaban J connectivity index is 1.77. The number of para-hydroxylation sites is 2. The summed E-state index contributed by atoms with van der Waals surface area (Å²) in [6.45, 7) is 8.46. The molecular weight excluding hydrogens is 400 g/mol. The number of aryl methyl sites for hydroxylation is 2. The Morgan fingerprint density at radius 1 is 0.871 bits per heavy atom. The molecule has 1 aliphatic rings. The molecule has 0 unspecified atom stereocenters. The average molecular weight is 427 g/mol. The highest BCUT2D eigenvalue weighted by atomic mass is 32.2. The topological polar surface area (TPSA) is 32.7 Å². The molecule has 4 heteroatoms. The second kappa shape index (κ2) is 8.94. The van der Waals surface area contributed by atoms with Crippen molar-refractivity contribution in [2.24, 2.45) is 4.99 Å². The van der Waals surface area contributed by atoms with Crippen molar-refractivity contribution in [1.29, 1.82) is 0 Å². The number of benzene rings is 3. The van der Waals surface area contributed by atoms with Crippen molar-refractivity contribution in [1.82, 2.24) is 0 Å². The summed E-state index contributed by atoms with van der Waals surface area (Å²) in [5.41, 5.74) is 6.23. The van der Waals surface area contributed by atoms with Gasteiger partial charge in [-0.3, -0.25) is 9.69 Å². The number of hydrogen-bond acceptors (Lipinski definition) is 3. The van der Waals surface area contributed by atoms with Crippen LogP contribution < -0.4 is 4.90 Å². The molecule has 3 aromatic carbocycles. The zero-order valence-corrected chi connectivity index (χ0v) is 19.1. The van der Waals surface area contributed by atoms with Crippen molar-refractivity contribution < 1.29 is 4.79 Å². The fourth-order valence-electron chi connectivity index (χ4n) is 3.56. The van der Waals surface area contributed by atoms with Crippen LogP contribution in [0.25, 0.3) is 6.08 Å². The van der Waals surface area contributed by atoms with Gasteiger partial charge in [-0.05, 0) is 72.0 Å². The van der Waals surface area contributed by atoms with Gasteiger partial charge in [0.1, 0.15) is 0 Å². The van der Waals surface area contributed by atoms with Gasteiger partial charge in [0.2, 0.25) is 0 Å². The van der Waals surface area contributed by atoms with Crippen LogP contribution in [0.4, 0.5) is 11.4 Å². The third kappa shape index (κ3) is 4.49. The quantitative estimate of drug-likeness (QED) is 0.412. The average Bonchev–Trinajstić information content (AvgIpc) is 3.06. The van der Waals surface area contributed by atoms with Gasteiger partial charge in [-0.15, -0.1) is 0 Å². The Morgan fingerprint density at radius 2 is 1.52 bits per heavy atom. The van der Waals surface area contributed by atoms with E-state index in [1.54, 1.807) is 4.90 Å². The van der Waals surface area contributed by atoms with Crippen molar-refractivity contribution in [2.75, 3.05) is 4.90 Å². The number of amides is 1. The molecule has 1 heterocycles. The van der Waals surface area contributed by atoms with Crippen LogP contribution in [-0.4, -0.2) is 11.1 Å². The largest absolute Gasteiger partial charge is 0.271 e. The van der Waals surface area contributed by atoms with Crippen molar-refractivity contribution >= 4 is 40.3 Å². The number of nitrogens with zero attached hydrogens (tertiary/aromatic N) is 2. The lowest BCUT2D eigenvalue weighted by Gasteiger charge is -2.16. The molecular formula is C27H26N2OS. The SMILES string of the molecule is Cc1cccc(C)c1N=C1S/C(=C\c2ccc(C(C)C)cc2)C(=O)N1c1ccccc1. The monoisotopic (exact) mass is 426 g/mol. The van der Waals surface area contributed by atoms with E-state index in [4.69, 9.17) is 4.99 Å². The third-order valence-corrected chi connectivity index (χ3v) is 6.34. The van der Waals surface area contributed by atoms with Gasteiger partial charge >= 0.3 is 0 Å². The van der Waals surface area contributed by atoms with E-state index in [0.29, 0.717) is 16.0 Å². The first-order chi connectivity index (χ1) is 14.9. The fourth-order valence-corrected chi connectivity index (χ4v) is 4.55. The number of carbonyl (C=O) groups excluding carboxylic acids is 1. The Hall–Kier alpha value is -3.11. The predicted octanol–water partition coefficient (Wildman–Crippen LogP) is 7.24.